The van der Waals surface area contributed by atoms with E-state index in [0.29, 0.717) is 21.9 Å². The van der Waals surface area contributed by atoms with Gasteiger partial charge in [0.05, 0.1) is 23.5 Å². The third kappa shape index (κ3) is 4.31. The molecule has 0 fully saturated rings. The number of hydrogen-bond acceptors (Lipinski definition) is 7. The van der Waals surface area contributed by atoms with Crippen molar-refractivity contribution in [3.63, 3.8) is 0 Å². The quantitative estimate of drug-likeness (QED) is 0.112. The summed E-state index contributed by atoms with van der Waals surface area (Å²) < 4.78 is 11.7. The number of carbonyl (C=O) groups is 1. The number of methoxy groups -OCH3 is 1. The van der Waals surface area contributed by atoms with Crippen molar-refractivity contribution >= 4 is 60.5 Å². The van der Waals surface area contributed by atoms with E-state index in [9.17, 15) is 9.59 Å². The minimum absolute atomic E-state index is 0.129. The first kappa shape index (κ1) is 23.6. The molecule has 0 atom stereocenters. The van der Waals surface area contributed by atoms with Crippen LogP contribution >= 0.6 is 11.3 Å². The lowest BCUT2D eigenvalue weighted by molar-refractivity contribution is 0.0984. The molecule has 1 amide bonds. The van der Waals surface area contributed by atoms with Crippen LogP contribution in [0, 0.1) is 6.92 Å². The first-order valence-electron chi connectivity index (χ1n) is 11.9. The Bertz CT molecular complexity index is 1920. The lowest BCUT2D eigenvalue weighted by atomic mass is 10.0. The second-order valence-electron chi connectivity index (χ2n) is 8.75. The first-order valence-corrected chi connectivity index (χ1v) is 12.7. The molecule has 6 aromatic rings. The van der Waals surface area contributed by atoms with Crippen molar-refractivity contribution in [3.05, 3.63) is 112 Å². The van der Waals surface area contributed by atoms with Crippen LogP contribution in [0.15, 0.2) is 99.2 Å². The highest BCUT2D eigenvalue weighted by Gasteiger charge is 2.25. The molecule has 0 spiro atoms. The number of anilines is 1. The Morgan fingerprint density at radius 3 is 2.63 bits per heavy atom. The van der Waals surface area contributed by atoms with E-state index in [1.165, 1.54) is 11.3 Å². The molecule has 6 rings (SSSR count). The molecule has 0 radical (unpaired) electrons. The summed E-state index contributed by atoms with van der Waals surface area (Å²) in [5.74, 6) is 0.0757. The van der Waals surface area contributed by atoms with Gasteiger partial charge in [-0.3, -0.25) is 4.79 Å². The van der Waals surface area contributed by atoms with Crippen molar-refractivity contribution < 1.29 is 13.9 Å². The molecule has 0 unspecified atom stereocenters. The summed E-state index contributed by atoms with van der Waals surface area (Å²) in [4.78, 5) is 31.6. The molecule has 4 aromatic carbocycles. The van der Waals surface area contributed by atoms with E-state index < -0.39 is 11.5 Å². The summed E-state index contributed by atoms with van der Waals surface area (Å²) in [5, 5.41) is 8.52. The highest BCUT2D eigenvalue weighted by atomic mass is 32.1. The molecule has 2 aromatic heterocycles. The molecule has 0 saturated heterocycles. The first-order chi connectivity index (χ1) is 18.5. The van der Waals surface area contributed by atoms with Gasteiger partial charge in [0, 0.05) is 5.39 Å². The van der Waals surface area contributed by atoms with Crippen LogP contribution in [0.2, 0.25) is 0 Å². The number of thiazole rings is 1. The minimum atomic E-state index is -0.737. The molecule has 0 aliphatic heterocycles. The van der Waals surface area contributed by atoms with Gasteiger partial charge in [0.25, 0.3) is 5.91 Å². The van der Waals surface area contributed by atoms with Crippen LogP contribution in [-0.4, -0.2) is 24.2 Å². The number of aryl methyl sites for hydroxylation is 1. The number of hydrazone groups is 1. The third-order valence-corrected chi connectivity index (χ3v) is 7.21. The van der Waals surface area contributed by atoms with E-state index in [0.717, 1.165) is 37.1 Å². The zero-order chi connectivity index (χ0) is 26.2. The van der Waals surface area contributed by atoms with Crippen LogP contribution in [0.5, 0.6) is 5.75 Å². The van der Waals surface area contributed by atoms with E-state index in [1.807, 2.05) is 67.6 Å². The number of rotatable bonds is 5. The molecule has 0 N–H and O–H groups in total. The van der Waals surface area contributed by atoms with Crippen LogP contribution in [0.25, 0.3) is 32.0 Å². The monoisotopic (exact) mass is 519 g/mol. The number of benzene rings is 4. The van der Waals surface area contributed by atoms with Gasteiger partial charge in [-0.25, -0.2) is 9.78 Å². The van der Waals surface area contributed by atoms with Gasteiger partial charge in [-0.1, -0.05) is 47.7 Å². The van der Waals surface area contributed by atoms with Gasteiger partial charge in [0.1, 0.15) is 16.9 Å². The van der Waals surface area contributed by atoms with Crippen molar-refractivity contribution in [3.8, 4) is 5.75 Å². The van der Waals surface area contributed by atoms with Gasteiger partial charge >= 0.3 is 5.63 Å². The van der Waals surface area contributed by atoms with Gasteiger partial charge in [-0.15, -0.1) is 0 Å². The molecule has 7 nitrogen and oxygen atoms in total. The smallest absolute Gasteiger partial charge is 0.349 e. The Labute approximate surface area is 221 Å². The number of carbonyl (C=O) groups excluding carboxylic acids is 1. The number of amides is 1. The van der Waals surface area contributed by atoms with Crippen molar-refractivity contribution in [2.75, 3.05) is 12.1 Å². The summed E-state index contributed by atoms with van der Waals surface area (Å²) in [6, 6.07) is 26.1. The van der Waals surface area contributed by atoms with Crippen molar-refractivity contribution in [2.45, 2.75) is 6.92 Å². The zero-order valence-corrected chi connectivity index (χ0v) is 21.4. The second-order valence-corrected chi connectivity index (χ2v) is 9.76. The highest BCUT2D eigenvalue weighted by Crippen LogP contribution is 2.31. The maximum absolute atomic E-state index is 13.9. The molecular formula is C30H21N3O4S. The van der Waals surface area contributed by atoms with E-state index >= 15 is 0 Å². The fraction of sp³-hybridized carbons (Fsp3) is 0.0667. The Kier molecular flexibility index (Phi) is 5.94. The number of hydrogen-bond donors (Lipinski definition) is 0. The zero-order valence-electron chi connectivity index (χ0n) is 20.5. The van der Waals surface area contributed by atoms with Crippen LogP contribution < -0.4 is 15.4 Å². The van der Waals surface area contributed by atoms with Gasteiger partial charge in [0.2, 0.25) is 5.13 Å². The second kappa shape index (κ2) is 9.57. The summed E-state index contributed by atoms with van der Waals surface area (Å²) >= 11 is 1.32. The number of ether oxygens (including phenoxy) is 1. The SMILES string of the molecule is COc1ccc(/C=N/N(C(=O)c2cc3c(ccc4ccccc43)oc2=O)c2nc3ccc(C)cc3s2)cc1. The van der Waals surface area contributed by atoms with Crippen molar-refractivity contribution in [1.82, 2.24) is 4.98 Å². The maximum atomic E-state index is 13.9. The Morgan fingerprint density at radius 1 is 1.00 bits per heavy atom. The van der Waals surface area contributed by atoms with E-state index in [1.54, 1.807) is 37.6 Å². The minimum Gasteiger partial charge on any atom is -0.497 e. The maximum Gasteiger partial charge on any atom is 0.349 e. The van der Waals surface area contributed by atoms with E-state index in [2.05, 4.69) is 10.1 Å². The fourth-order valence-corrected chi connectivity index (χ4v) is 5.27. The average molecular weight is 520 g/mol. The van der Waals surface area contributed by atoms with Crippen molar-refractivity contribution in [1.29, 1.82) is 0 Å². The molecule has 0 bridgehead atoms. The predicted molar refractivity (Wildman–Crippen MR) is 152 cm³/mol. The molecular weight excluding hydrogens is 498 g/mol. The van der Waals surface area contributed by atoms with Crippen molar-refractivity contribution in [2.24, 2.45) is 5.10 Å². The lowest BCUT2D eigenvalue weighted by Gasteiger charge is -2.14. The normalized spacial score (nSPS) is 11.5. The van der Waals surface area contributed by atoms with Crippen LogP contribution in [0.4, 0.5) is 5.13 Å². The molecule has 0 aliphatic rings. The van der Waals surface area contributed by atoms with Crippen LogP contribution in [0.3, 0.4) is 0 Å². The molecule has 8 heteroatoms. The van der Waals surface area contributed by atoms with Crippen LogP contribution in [-0.2, 0) is 0 Å². The summed E-state index contributed by atoms with van der Waals surface area (Å²) in [6.07, 6.45) is 1.55. The number of nitrogens with zero attached hydrogens (tertiary/aromatic N) is 3. The molecule has 38 heavy (non-hydrogen) atoms. The largest absolute Gasteiger partial charge is 0.497 e. The number of fused-ring (bicyclic) bond motifs is 4. The van der Waals surface area contributed by atoms with Gasteiger partial charge in [-0.2, -0.15) is 10.1 Å². The van der Waals surface area contributed by atoms with E-state index in [-0.39, 0.29) is 5.56 Å². The Hall–Kier alpha value is -4.82. The summed E-state index contributed by atoms with van der Waals surface area (Å²) in [7, 11) is 1.59. The topological polar surface area (TPSA) is 85.0 Å². The molecule has 0 saturated carbocycles. The lowest BCUT2D eigenvalue weighted by Crippen LogP contribution is -2.30. The van der Waals surface area contributed by atoms with Gasteiger partial charge in [-0.05, 0) is 77.4 Å². The van der Waals surface area contributed by atoms with Crippen LogP contribution in [0.1, 0.15) is 21.5 Å². The molecule has 0 aliphatic carbocycles. The van der Waals surface area contributed by atoms with Gasteiger partial charge in [0.15, 0.2) is 0 Å². The average Bonchev–Trinajstić information content (AvgIpc) is 3.35. The van der Waals surface area contributed by atoms with Gasteiger partial charge < -0.3 is 9.15 Å². The highest BCUT2D eigenvalue weighted by molar-refractivity contribution is 7.22. The Morgan fingerprint density at radius 2 is 1.82 bits per heavy atom. The third-order valence-electron chi connectivity index (χ3n) is 6.22. The Balaban J connectivity index is 1.49. The molecule has 2 heterocycles. The summed E-state index contributed by atoms with van der Waals surface area (Å²) in [5.41, 5.74) is 2.11. The standard InChI is InChI=1S/C30H21N3O4S/c1-18-7-13-25-27(15-18)38-30(32-25)33(31-17-19-8-11-21(36-2)12-9-19)28(34)24-16-23-22-6-4-3-5-20(22)10-14-26(23)37-29(24)35/h3-17H,1-2H3/b31-17+. The summed E-state index contributed by atoms with van der Waals surface area (Å²) in [6.45, 7) is 1.99. The molecule has 186 valence electrons. The fourth-order valence-electron chi connectivity index (χ4n) is 4.25. The number of aromatic nitrogens is 1. The van der Waals surface area contributed by atoms with E-state index in [4.69, 9.17) is 9.15 Å². The predicted octanol–water partition coefficient (Wildman–Crippen LogP) is 6.55.